The van der Waals surface area contributed by atoms with Crippen LogP contribution in [0.1, 0.15) is 23.6 Å². The molecule has 0 aromatic heterocycles. The van der Waals surface area contributed by atoms with Crippen LogP contribution >= 0.6 is 0 Å². The molecule has 1 heterocycles. The Bertz CT molecular complexity index is 1070. The Morgan fingerprint density at radius 2 is 1.14 bits per heavy atom. The van der Waals surface area contributed by atoms with E-state index in [4.69, 9.17) is 18.9 Å². The number of benzene rings is 3. The first kappa shape index (κ1) is 27.0. The normalized spacial score (nSPS) is 23.5. The number of likely N-dealkylation sites (N-methyl/N-ethyl adjacent to an activating group) is 1. The van der Waals surface area contributed by atoms with Crippen molar-refractivity contribution in [1.29, 1.82) is 0 Å². The molecule has 7 nitrogen and oxygen atoms in total. The van der Waals surface area contributed by atoms with Crippen LogP contribution < -0.4 is 10.6 Å². The Kier molecular flexibility index (Phi) is 10.2. The van der Waals surface area contributed by atoms with E-state index in [1.807, 2.05) is 98.0 Å². The summed E-state index contributed by atoms with van der Waals surface area (Å²) in [5.74, 6) is -0.129. The third-order valence-electron chi connectivity index (χ3n) is 6.33. The van der Waals surface area contributed by atoms with Gasteiger partial charge in [-0.05, 0) is 23.7 Å². The highest BCUT2D eigenvalue weighted by atomic mass is 16.6. The van der Waals surface area contributed by atoms with Crippen LogP contribution in [0, 0.1) is 0 Å². The zero-order valence-corrected chi connectivity index (χ0v) is 21.4. The summed E-state index contributed by atoms with van der Waals surface area (Å²) < 4.78 is 25.9. The third kappa shape index (κ3) is 7.95. The average molecular weight is 505 g/mol. The van der Waals surface area contributed by atoms with Gasteiger partial charge in [-0.2, -0.15) is 0 Å². The second-order valence-corrected chi connectivity index (χ2v) is 9.10. The maximum absolute atomic E-state index is 11.8. The number of hydrogen-bond donors (Lipinski definition) is 2. The molecule has 1 aliphatic rings. The van der Waals surface area contributed by atoms with Crippen molar-refractivity contribution in [3.05, 3.63) is 108 Å². The molecule has 1 saturated heterocycles. The molecule has 5 atom stereocenters. The van der Waals surface area contributed by atoms with E-state index in [-0.39, 0.29) is 5.91 Å². The minimum atomic E-state index is -0.485. The summed E-state index contributed by atoms with van der Waals surface area (Å²) in [5.41, 5.74) is 3.15. The van der Waals surface area contributed by atoms with Crippen LogP contribution in [-0.2, 0) is 43.6 Å². The Labute approximate surface area is 219 Å². The zero-order valence-electron chi connectivity index (χ0n) is 21.4. The SMILES string of the molecule is CNC1OC(CNC(C)=O)C(OCc2ccccc2)C(OCc2ccccc2)C1OCc1ccccc1. The number of carbonyl (C=O) groups is 1. The number of amides is 1. The number of carbonyl (C=O) groups excluding carboxylic acids is 1. The monoisotopic (exact) mass is 504 g/mol. The fourth-order valence-corrected chi connectivity index (χ4v) is 4.43. The van der Waals surface area contributed by atoms with Crippen molar-refractivity contribution in [3.8, 4) is 0 Å². The number of rotatable bonds is 12. The lowest BCUT2D eigenvalue weighted by Gasteiger charge is -2.46. The van der Waals surface area contributed by atoms with Crippen LogP contribution in [0.15, 0.2) is 91.0 Å². The van der Waals surface area contributed by atoms with Gasteiger partial charge < -0.3 is 24.3 Å². The van der Waals surface area contributed by atoms with Crippen LogP contribution in [0.4, 0.5) is 0 Å². The smallest absolute Gasteiger partial charge is 0.216 e. The maximum atomic E-state index is 11.8. The van der Waals surface area contributed by atoms with Crippen molar-refractivity contribution < 1.29 is 23.7 Å². The Hall–Kier alpha value is -3.07. The number of ether oxygens (including phenoxy) is 4. The fraction of sp³-hybridized carbons (Fsp3) is 0.367. The largest absolute Gasteiger partial charge is 0.368 e. The van der Waals surface area contributed by atoms with E-state index >= 15 is 0 Å². The second kappa shape index (κ2) is 14.0. The van der Waals surface area contributed by atoms with Gasteiger partial charge in [0.2, 0.25) is 5.91 Å². The molecular weight excluding hydrogens is 468 g/mol. The van der Waals surface area contributed by atoms with E-state index in [0.29, 0.717) is 26.4 Å². The molecular formula is C30H36N2O5. The Morgan fingerprint density at radius 3 is 1.57 bits per heavy atom. The summed E-state index contributed by atoms with van der Waals surface area (Å²) in [5, 5.41) is 6.12. The summed E-state index contributed by atoms with van der Waals surface area (Å²) in [6, 6.07) is 30.0. The molecule has 37 heavy (non-hydrogen) atoms. The minimum Gasteiger partial charge on any atom is -0.368 e. The fourth-order valence-electron chi connectivity index (χ4n) is 4.43. The molecule has 2 N–H and O–H groups in total. The second-order valence-electron chi connectivity index (χ2n) is 9.10. The van der Waals surface area contributed by atoms with Gasteiger partial charge in [0.1, 0.15) is 30.6 Å². The Morgan fingerprint density at radius 1 is 0.703 bits per heavy atom. The molecule has 4 rings (SSSR count). The van der Waals surface area contributed by atoms with Crippen molar-refractivity contribution in [2.45, 2.75) is 57.4 Å². The van der Waals surface area contributed by atoms with Crippen LogP contribution in [0.25, 0.3) is 0 Å². The van der Waals surface area contributed by atoms with E-state index in [1.165, 1.54) is 6.92 Å². The van der Waals surface area contributed by atoms with Crippen molar-refractivity contribution in [2.75, 3.05) is 13.6 Å². The topological polar surface area (TPSA) is 78.1 Å². The average Bonchev–Trinajstić information content (AvgIpc) is 2.94. The first-order valence-electron chi connectivity index (χ1n) is 12.7. The molecule has 1 amide bonds. The van der Waals surface area contributed by atoms with Gasteiger partial charge in [-0.3, -0.25) is 10.1 Å². The number of hydrogen-bond acceptors (Lipinski definition) is 6. The summed E-state index contributed by atoms with van der Waals surface area (Å²) >= 11 is 0. The van der Waals surface area contributed by atoms with Gasteiger partial charge in [0.05, 0.1) is 19.8 Å². The lowest BCUT2D eigenvalue weighted by Crippen LogP contribution is -2.65. The molecule has 1 fully saturated rings. The first-order valence-corrected chi connectivity index (χ1v) is 12.7. The van der Waals surface area contributed by atoms with Crippen LogP contribution in [-0.4, -0.2) is 50.1 Å². The van der Waals surface area contributed by atoms with E-state index < -0.39 is 30.6 Å². The van der Waals surface area contributed by atoms with E-state index in [9.17, 15) is 4.79 Å². The van der Waals surface area contributed by atoms with Gasteiger partial charge in [-0.1, -0.05) is 91.0 Å². The zero-order chi connectivity index (χ0) is 25.9. The lowest BCUT2D eigenvalue weighted by molar-refractivity contribution is -0.268. The molecule has 0 radical (unpaired) electrons. The van der Waals surface area contributed by atoms with Crippen LogP contribution in [0.2, 0.25) is 0 Å². The number of nitrogens with one attached hydrogen (secondary N) is 2. The van der Waals surface area contributed by atoms with Crippen molar-refractivity contribution in [3.63, 3.8) is 0 Å². The summed E-state index contributed by atoms with van der Waals surface area (Å²) in [7, 11) is 1.83. The van der Waals surface area contributed by atoms with E-state index in [2.05, 4.69) is 10.6 Å². The van der Waals surface area contributed by atoms with Crippen LogP contribution in [0.3, 0.4) is 0 Å². The Balaban J connectivity index is 1.60. The molecule has 3 aromatic carbocycles. The summed E-state index contributed by atoms with van der Waals surface area (Å²) in [4.78, 5) is 11.8. The predicted molar refractivity (Wildman–Crippen MR) is 141 cm³/mol. The molecule has 0 spiro atoms. The van der Waals surface area contributed by atoms with Gasteiger partial charge >= 0.3 is 0 Å². The molecule has 0 aliphatic carbocycles. The molecule has 5 unspecified atom stereocenters. The molecule has 196 valence electrons. The van der Waals surface area contributed by atoms with Gasteiger partial charge in [0.15, 0.2) is 0 Å². The van der Waals surface area contributed by atoms with Crippen molar-refractivity contribution in [2.24, 2.45) is 0 Å². The first-order chi connectivity index (χ1) is 18.1. The van der Waals surface area contributed by atoms with Gasteiger partial charge in [0, 0.05) is 13.5 Å². The van der Waals surface area contributed by atoms with Gasteiger partial charge in [-0.25, -0.2) is 0 Å². The molecule has 7 heteroatoms. The lowest BCUT2D eigenvalue weighted by atomic mass is 9.96. The standard InChI is InChI=1S/C30H36N2O5/c1-22(33)32-18-26-27(34-19-23-12-6-3-7-13-23)28(35-20-24-14-8-4-9-15-24)29(30(31-2)37-26)36-21-25-16-10-5-11-17-25/h3-17,26-31H,18-21H2,1-2H3,(H,32,33). The van der Waals surface area contributed by atoms with Crippen molar-refractivity contribution >= 4 is 5.91 Å². The van der Waals surface area contributed by atoms with Crippen molar-refractivity contribution in [1.82, 2.24) is 10.6 Å². The molecule has 0 saturated carbocycles. The maximum Gasteiger partial charge on any atom is 0.216 e. The summed E-state index contributed by atoms with van der Waals surface area (Å²) in [6.45, 7) is 2.97. The predicted octanol–water partition coefficient (Wildman–Crippen LogP) is 3.82. The minimum absolute atomic E-state index is 0.129. The van der Waals surface area contributed by atoms with E-state index in [1.54, 1.807) is 0 Å². The van der Waals surface area contributed by atoms with Gasteiger partial charge in [-0.15, -0.1) is 0 Å². The highest BCUT2D eigenvalue weighted by Crippen LogP contribution is 2.29. The highest BCUT2D eigenvalue weighted by Gasteiger charge is 2.47. The third-order valence-corrected chi connectivity index (χ3v) is 6.33. The molecule has 0 bridgehead atoms. The quantitative estimate of drug-likeness (QED) is 0.391. The molecule has 3 aromatic rings. The van der Waals surface area contributed by atoms with Gasteiger partial charge in [0.25, 0.3) is 0 Å². The molecule has 1 aliphatic heterocycles. The highest BCUT2D eigenvalue weighted by molar-refractivity contribution is 5.72. The van der Waals surface area contributed by atoms with Crippen LogP contribution in [0.5, 0.6) is 0 Å². The van der Waals surface area contributed by atoms with E-state index in [0.717, 1.165) is 16.7 Å². The summed E-state index contributed by atoms with van der Waals surface area (Å²) in [6.07, 6.45) is -2.30.